The van der Waals surface area contributed by atoms with Gasteiger partial charge in [0.1, 0.15) is 12.4 Å². The largest absolute Gasteiger partial charge is 0.486 e. The average Bonchev–Trinajstić information content (AvgIpc) is 3.35. The lowest BCUT2D eigenvalue weighted by Crippen LogP contribution is -2.41. The van der Waals surface area contributed by atoms with Gasteiger partial charge in [-0.1, -0.05) is 12.1 Å². The molecule has 0 fully saturated rings. The average molecular weight is 406 g/mol. The molecule has 3 aromatic rings. The van der Waals surface area contributed by atoms with Gasteiger partial charge in [-0.25, -0.2) is 0 Å². The summed E-state index contributed by atoms with van der Waals surface area (Å²) >= 11 is 0. The van der Waals surface area contributed by atoms with Crippen LogP contribution < -0.4 is 9.47 Å². The van der Waals surface area contributed by atoms with Crippen LogP contribution in [0.2, 0.25) is 0 Å². The number of ether oxygens (including phenoxy) is 2. The summed E-state index contributed by atoms with van der Waals surface area (Å²) in [5.41, 5.74) is 3.24. The number of furan rings is 1. The molecule has 0 aliphatic carbocycles. The highest BCUT2D eigenvalue weighted by Gasteiger charge is 2.23. The molecule has 4 rings (SSSR count). The summed E-state index contributed by atoms with van der Waals surface area (Å²) in [6, 6.07) is 13.5. The van der Waals surface area contributed by atoms with Crippen LogP contribution in [0.25, 0.3) is 6.08 Å². The molecule has 1 aliphatic rings. The van der Waals surface area contributed by atoms with E-state index in [2.05, 4.69) is 24.5 Å². The Balaban J connectivity index is 1.38. The molecule has 0 N–H and O–H groups in total. The van der Waals surface area contributed by atoms with Gasteiger partial charge in [-0.2, -0.15) is 0 Å². The first-order valence-corrected chi connectivity index (χ1v) is 10.0. The smallest absolute Gasteiger partial charge is 0.246 e. The van der Waals surface area contributed by atoms with E-state index < -0.39 is 0 Å². The fourth-order valence-electron chi connectivity index (χ4n) is 3.63. The molecule has 0 saturated carbocycles. The number of rotatable bonds is 6. The number of fused-ring (bicyclic) bond motifs is 1. The third-order valence-corrected chi connectivity index (χ3v) is 5.33. The van der Waals surface area contributed by atoms with Gasteiger partial charge in [0.05, 0.1) is 19.4 Å². The molecular weight excluding hydrogens is 380 g/mol. The van der Waals surface area contributed by atoms with Gasteiger partial charge in [0, 0.05) is 24.5 Å². The molecule has 1 amide bonds. The second-order valence-electron chi connectivity index (χ2n) is 7.54. The highest BCUT2D eigenvalue weighted by Crippen LogP contribution is 2.31. The normalized spacial score (nSPS) is 15.5. The Morgan fingerprint density at radius 2 is 2.00 bits per heavy atom. The topological polar surface area (TPSA) is 56.8 Å². The molecule has 0 bridgehead atoms. The second kappa shape index (κ2) is 8.53. The summed E-state index contributed by atoms with van der Waals surface area (Å²) in [6.07, 6.45) is 4.96. The lowest BCUT2D eigenvalue weighted by atomic mass is 10.2. The number of carbonyl (C=O) groups excluding carboxylic acids is 1. The van der Waals surface area contributed by atoms with Crippen molar-refractivity contribution in [3.05, 3.63) is 77.5 Å². The molecule has 1 aromatic carbocycles. The predicted molar refractivity (Wildman–Crippen MR) is 115 cm³/mol. The van der Waals surface area contributed by atoms with E-state index in [-0.39, 0.29) is 12.0 Å². The number of hydrogen-bond donors (Lipinski definition) is 0. The zero-order valence-electron chi connectivity index (χ0n) is 17.5. The molecule has 0 spiro atoms. The van der Waals surface area contributed by atoms with Crippen LogP contribution in [0.3, 0.4) is 0 Å². The fraction of sp³-hybridized carbons (Fsp3) is 0.292. The van der Waals surface area contributed by atoms with E-state index in [1.54, 1.807) is 24.3 Å². The van der Waals surface area contributed by atoms with E-state index in [1.165, 1.54) is 0 Å². The second-order valence-corrected chi connectivity index (χ2v) is 7.54. The van der Waals surface area contributed by atoms with Gasteiger partial charge in [0.25, 0.3) is 0 Å². The molecule has 0 saturated heterocycles. The van der Waals surface area contributed by atoms with Crippen molar-refractivity contribution >= 4 is 12.0 Å². The molecule has 6 heteroatoms. The molecule has 6 nitrogen and oxygen atoms in total. The summed E-state index contributed by atoms with van der Waals surface area (Å²) in [5.74, 6) is 2.29. The van der Waals surface area contributed by atoms with Crippen molar-refractivity contribution in [3.63, 3.8) is 0 Å². The Bertz CT molecular complexity index is 1050. The summed E-state index contributed by atoms with van der Waals surface area (Å²) < 4.78 is 19.3. The Hall–Kier alpha value is -3.41. The number of amides is 1. The number of benzene rings is 1. The highest BCUT2D eigenvalue weighted by molar-refractivity contribution is 5.91. The van der Waals surface area contributed by atoms with Gasteiger partial charge in [-0.05, 0) is 55.8 Å². The molecular formula is C24H26N2O4. The Morgan fingerprint density at radius 3 is 2.77 bits per heavy atom. The van der Waals surface area contributed by atoms with Crippen molar-refractivity contribution in [1.82, 2.24) is 9.47 Å². The van der Waals surface area contributed by atoms with Crippen molar-refractivity contribution < 1.29 is 18.7 Å². The van der Waals surface area contributed by atoms with E-state index in [0.717, 1.165) is 28.5 Å². The Morgan fingerprint density at radius 1 is 1.20 bits per heavy atom. The van der Waals surface area contributed by atoms with Crippen LogP contribution in [0.5, 0.6) is 11.5 Å². The van der Waals surface area contributed by atoms with E-state index in [9.17, 15) is 4.79 Å². The molecule has 0 radical (unpaired) electrons. The molecule has 30 heavy (non-hydrogen) atoms. The van der Waals surface area contributed by atoms with Crippen LogP contribution >= 0.6 is 0 Å². The standard InChI is InChI=1S/C24H26N2O4/c1-17-13-19(18(2)26(17)15-20-7-6-12-28-20)10-11-24(27)25(3)14-21-16-29-22-8-4-5-9-23(22)30-21/h4-13,21H,14-16H2,1-3H3/b11-10+. The zero-order valence-corrected chi connectivity index (χ0v) is 17.5. The summed E-state index contributed by atoms with van der Waals surface area (Å²) in [4.78, 5) is 14.3. The SMILES string of the molecule is Cc1cc(/C=C/C(=O)N(C)CC2COc3ccccc3O2)c(C)n1Cc1ccco1. The number of likely N-dealkylation sites (N-methyl/N-ethyl adjacent to an activating group) is 1. The van der Waals surface area contributed by atoms with Crippen LogP contribution in [-0.2, 0) is 11.3 Å². The third-order valence-electron chi connectivity index (χ3n) is 5.33. The van der Waals surface area contributed by atoms with Gasteiger partial charge in [0.15, 0.2) is 17.6 Å². The minimum Gasteiger partial charge on any atom is -0.486 e. The van der Waals surface area contributed by atoms with Gasteiger partial charge in [-0.3, -0.25) is 4.79 Å². The van der Waals surface area contributed by atoms with Crippen molar-refractivity contribution in [1.29, 1.82) is 0 Å². The van der Waals surface area contributed by atoms with Crippen LogP contribution in [0, 0.1) is 13.8 Å². The molecule has 3 heterocycles. The first-order valence-electron chi connectivity index (χ1n) is 10.0. The zero-order chi connectivity index (χ0) is 21.1. The van der Waals surface area contributed by atoms with Crippen LogP contribution in [0.15, 0.2) is 59.2 Å². The van der Waals surface area contributed by atoms with E-state index >= 15 is 0 Å². The van der Waals surface area contributed by atoms with E-state index in [0.29, 0.717) is 25.4 Å². The highest BCUT2D eigenvalue weighted by atomic mass is 16.6. The number of aryl methyl sites for hydroxylation is 1. The Kier molecular flexibility index (Phi) is 5.65. The van der Waals surface area contributed by atoms with Gasteiger partial charge >= 0.3 is 0 Å². The van der Waals surface area contributed by atoms with Crippen LogP contribution in [0.4, 0.5) is 0 Å². The first-order chi connectivity index (χ1) is 14.5. The molecule has 2 aromatic heterocycles. The summed E-state index contributed by atoms with van der Waals surface area (Å²) in [6.45, 7) is 5.65. The van der Waals surface area contributed by atoms with Gasteiger partial charge in [-0.15, -0.1) is 0 Å². The van der Waals surface area contributed by atoms with Gasteiger partial charge in [0.2, 0.25) is 5.91 Å². The maximum Gasteiger partial charge on any atom is 0.246 e. The van der Waals surface area contributed by atoms with E-state index in [4.69, 9.17) is 13.9 Å². The number of carbonyl (C=O) groups is 1. The van der Waals surface area contributed by atoms with Crippen molar-refractivity contribution in [2.24, 2.45) is 0 Å². The lowest BCUT2D eigenvalue weighted by Gasteiger charge is -2.29. The van der Waals surface area contributed by atoms with Crippen molar-refractivity contribution in [3.8, 4) is 11.5 Å². The fourth-order valence-corrected chi connectivity index (χ4v) is 3.63. The number of para-hydroxylation sites is 2. The minimum absolute atomic E-state index is 0.0757. The predicted octanol–water partition coefficient (Wildman–Crippen LogP) is 4.06. The van der Waals surface area contributed by atoms with Crippen molar-refractivity contribution in [2.75, 3.05) is 20.2 Å². The van der Waals surface area contributed by atoms with Crippen molar-refractivity contribution in [2.45, 2.75) is 26.5 Å². The summed E-state index contributed by atoms with van der Waals surface area (Å²) in [7, 11) is 1.77. The van der Waals surface area contributed by atoms with Gasteiger partial charge < -0.3 is 23.4 Å². The first kappa shape index (κ1) is 19.9. The molecule has 156 valence electrons. The third kappa shape index (κ3) is 4.27. The summed E-state index contributed by atoms with van der Waals surface area (Å²) in [5, 5.41) is 0. The number of nitrogens with zero attached hydrogens (tertiary/aromatic N) is 2. The number of hydrogen-bond acceptors (Lipinski definition) is 4. The molecule has 1 aliphatic heterocycles. The maximum atomic E-state index is 12.6. The van der Waals surface area contributed by atoms with Crippen LogP contribution in [-0.4, -0.2) is 41.7 Å². The maximum absolute atomic E-state index is 12.6. The quantitative estimate of drug-likeness (QED) is 0.580. The molecule has 1 atom stereocenters. The van der Waals surface area contributed by atoms with E-state index in [1.807, 2.05) is 42.5 Å². The Labute approximate surface area is 176 Å². The van der Waals surface area contributed by atoms with Crippen LogP contribution in [0.1, 0.15) is 22.7 Å². The molecule has 1 unspecified atom stereocenters. The number of aromatic nitrogens is 1. The lowest BCUT2D eigenvalue weighted by molar-refractivity contribution is -0.126. The minimum atomic E-state index is -0.194. The monoisotopic (exact) mass is 406 g/mol.